The lowest BCUT2D eigenvalue weighted by atomic mass is 9.87. The van der Waals surface area contributed by atoms with Crippen molar-refractivity contribution in [2.75, 3.05) is 13.7 Å². The van der Waals surface area contributed by atoms with Crippen LogP contribution in [0.5, 0.6) is 5.75 Å². The molecule has 0 aliphatic heterocycles. The Morgan fingerprint density at radius 3 is 2.70 bits per heavy atom. The van der Waals surface area contributed by atoms with Gasteiger partial charge in [0, 0.05) is 19.5 Å². The van der Waals surface area contributed by atoms with Gasteiger partial charge in [-0.05, 0) is 36.6 Å². The van der Waals surface area contributed by atoms with E-state index in [-0.39, 0.29) is 5.91 Å². The summed E-state index contributed by atoms with van der Waals surface area (Å²) < 4.78 is 7.66. The zero-order valence-electron chi connectivity index (χ0n) is 17.8. The molecule has 1 aliphatic rings. The van der Waals surface area contributed by atoms with Gasteiger partial charge < -0.3 is 14.6 Å². The first-order chi connectivity index (χ1) is 14.8. The van der Waals surface area contributed by atoms with Crippen LogP contribution in [0.1, 0.15) is 54.7 Å². The van der Waals surface area contributed by atoms with Gasteiger partial charge in [0.15, 0.2) is 0 Å². The first-order valence-electron chi connectivity index (χ1n) is 11.1. The van der Waals surface area contributed by atoms with E-state index in [2.05, 4.69) is 28.1 Å². The van der Waals surface area contributed by atoms with Gasteiger partial charge in [-0.25, -0.2) is 4.98 Å². The molecule has 1 N–H and O–H groups in total. The Bertz CT molecular complexity index is 989. The van der Waals surface area contributed by atoms with Crippen molar-refractivity contribution in [3.05, 3.63) is 59.9 Å². The molecule has 0 spiro atoms. The van der Waals surface area contributed by atoms with E-state index in [9.17, 15) is 4.79 Å². The third-order valence-corrected chi connectivity index (χ3v) is 6.21. The first kappa shape index (κ1) is 20.5. The number of carbonyl (C=O) groups excluding carboxylic acids is 1. The summed E-state index contributed by atoms with van der Waals surface area (Å²) in [7, 11) is 1.58. The Morgan fingerprint density at radius 1 is 1.10 bits per heavy atom. The molecular weight excluding hydrogens is 374 g/mol. The van der Waals surface area contributed by atoms with E-state index in [1.807, 2.05) is 18.2 Å². The minimum Gasteiger partial charge on any atom is -0.496 e. The van der Waals surface area contributed by atoms with Crippen LogP contribution in [0.3, 0.4) is 0 Å². The van der Waals surface area contributed by atoms with E-state index < -0.39 is 0 Å². The van der Waals surface area contributed by atoms with Crippen molar-refractivity contribution in [1.82, 2.24) is 14.9 Å². The number of para-hydroxylation sites is 3. The summed E-state index contributed by atoms with van der Waals surface area (Å²) in [5, 5.41) is 3.03. The number of rotatable bonds is 8. The van der Waals surface area contributed by atoms with E-state index >= 15 is 0 Å². The highest BCUT2D eigenvalue weighted by molar-refractivity contribution is 5.96. The van der Waals surface area contributed by atoms with Crippen LogP contribution in [0.2, 0.25) is 0 Å². The van der Waals surface area contributed by atoms with Crippen LogP contribution in [-0.2, 0) is 13.0 Å². The maximum atomic E-state index is 12.6. The number of hydrogen-bond acceptors (Lipinski definition) is 3. The van der Waals surface area contributed by atoms with Crippen LogP contribution in [-0.4, -0.2) is 29.1 Å². The lowest BCUT2D eigenvalue weighted by Crippen LogP contribution is -2.27. The number of ether oxygens (including phenoxy) is 1. The summed E-state index contributed by atoms with van der Waals surface area (Å²) in [6.07, 6.45) is 8.77. The molecule has 3 aromatic rings. The molecule has 1 amide bonds. The standard InChI is InChI=1S/C25H31N3O2/c1-30-23-14-8-5-11-20(23)25(29)26-17-15-24-27-21-12-6-7-13-22(21)28(24)18-16-19-9-3-2-4-10-19/h5-8,11-14,19H,2-4,9-10,15-18H2,1H3,(H,26,29). The van der Waals surface area contributed by atoms with Gasteiger partial charge in [-0.3, -0.25) is 4.79 Å². The molecular formula is C25H31N3O2. The van der Waals surface area contributed by atoms with Crippen molar-refractivity contribution in [3.63, 3.8) is 0 Å². The Kier molecular flexibility index (Phi) is 6.67. The Morgan fingerprint density at radius 2 is 1.87 bits per heavy atom. The summed E-state index contributed by atoms with van der Waals surface area (Å²) in [6, 6.07) is 15.6. The summed E-state index contributed by atoms with van der Waals surface area (Å²) in [5.74, 6) is 2.36. The van der Waals surface area contributed by atoms with Gasteiger partial charge in [-0.1, -0.05) is 56.4 Å². The number of carbonyl (C=O) groups is 1. The Hall–Kier alpha value is -2.82. The van der Waals surface area contributed by atoms with Gasteiger partial charge in [-0.15, -0.1) is 0 Å². The highest BCUT2D eigenvalue weighted by atomic mass is 16.5. The zero-order chi connectivity index (χ0) is 20.8. The smallest absolute Gasteiger partial charge is 0.255 e. The summed E-state index contributed by atoms with van der Waals surface area (Å²) in [5.41, 5.74) is 2.79. The Balaban J connectivity index is 1.43. The molecule has 1 aromatic heterocycles. The topological polar surface area (TPSA) is 56.1 Å². The fourth-order valence-electron chi connectivity index (χ4n) is 4.57. The maximum absolute atomic E-state index is 12.6. The molecule has 2 aromatic carbocycles. The molecule has 5 nitrogen and oxygen atoms in total. The molecule has 1 heterocycles. The number of benzene rings is 2. The second-order valence-electron chi connectivity index (χ2n) is 8.17. The number of hydrogen-bond donors (Lipinski definition) is 1. The molecule has 0 saturated heterocycles. The van der Waals surface area contributed by atoms with Gasteiger partial charge in [0.25, 0.3) is 5.91 Å². The van der Waals surface area contributed by atoms with Gasteiger partial charge in [0.05, 0.1) is 23.7 Å². The summed E-state index contributed by atoms with van der Waals surface area (Å²) >= 11 is 0. The SMILES string of the molecule is COc1ccccc1C(=O)NCCc1nc2ccccc2n1CCC1CCCCC1. The van der Waals surface area contributed by atoms with E-state index in [0.29, 0.717) is 24.3 Å². The van der Waals surface area contributed by atoms with Crippen molar-refractivity contribution >= 4 is 16.9 Å². The van der Waals surface area contributed by atoms with E-state index in [4.69, 9.17) is 9.72 Å². The molecule has 158 valence electrons. The third-order valence-electron chi connectivity index (χ3n) is 6.21. The second kappa shape index (κ2) is 9.79. The van der Waals surface area contributed by atoms with Crippen molar-refractivity contribution in [2.24, 2.45) is 5.92 Å². The Labute approximate surface area is 178 Å². The fourth-order valence-corrected chi connectivity index (χ4v) is 4.57. The molecule has 1 fully saturated rings. The number of nitrogens with zero attached hydrogens (tertiary/aromatic N) is 2. The molecule has 4 rings (SSSR count). The number of aromatic nitrogens is 2. The average Bonchev–Trinajstić information content (AvgIpc) is 3.15. The lowest BCUT2D eigenvalue weighted by molar-refractivity contribution is 0.0951. The first-order valence-corrected chi connectivity index (χ1v) is 11.1. The minimum absolute atomic E-state index is 0.114. The van der Waals surface area contributed by atoms with E-state index in [1.165, 1.54) is 44.0 Å². The van der Waals surface area contributed by atoms with Gasteiger partial charge in [0.2, 0.25) is 0 Å². The lowest BCUT2D eigenvalue weighted by Gasteiger charge is -2.22. The normalized spacial score (nSPS) is 14.7. The number of nitrogens with one attached hydrogen (secondary N) is 1. The van der Waals surface area contributed by atoms with Gasteiger partial charge in [0.1, 0.15) is 11.6 Å². The number of imidazole rings is 1. The predicted molar refractivity (Wildman–Crippen MR) is 120 cm³/mol. The molecule has 30 heavy (non-hydrogen) atoms. The van der Waals surface area contributed by atoms with Crippen LogP contribution in [0.25, 0.3) is 11.0 Å². The largest absolute Gasteiger partial charge is 0.496 e. The molecule has 5 heteroatoms. The predicted octanol–water partition coefficient (Wildman–Crippen LogP) is 4.99. The van der Waals surface area contributed by atoms with Crippen molar-refractivity contribution in [3.8, 4) is 5.75 Å². The van der Waals surface area contributed by atoms with E-state index in [1.54, 1.807) is 19.2 Å². The number of fused-ring (bicyclic) bond motifs is 1. The number of aryl methyl sites for hydroxylation is 1. The van der Waals surface area contributed by atoms with Crippen LogP contribution >= 0.6 is 0 Å². The summed E-state index contributed by atoms with van der Waals surface area (Å²) in [4.78, 5) is 17.5. The van der Waals surface area contributed by atoms with Crippen LogP contribution in [0.4, 0.5) is 0 Å². The quantitative estimate of drug-likeness (QED) is 0.574. The van der Waals surface area contributed by atoms with Crippen LogP contribution in [0.15, 0.2) is 48.5 Å². The fraction of sp³-hybridized carbons (Fsp3) is 0.440. The average molecular weight is 406 g/mol. The molecule has 0 radical (unpaired) electrons. The van der Waals surface area contributed by atoms with Crippen LogP contribution < -0.4 is 10.1 Å². The molecule has 0 bridgehead atoms. The van der Waals surface area contributed by atoms with Crippen molar-refractivity contribution in [2.45, 2.75) is 51.5 Å². The monoisotopic (exact) mass is 405 g/mol. The molecule has 1 aliphatic carbocycles. The maximum Gasteiger partial charge on any atom is 0.255 e. The molecule has 0 unspecified atom stereocenters. The summed E-state index contributed by atoms with van der Waals surface area (Å²) in [6.45, 7) is 1.55. The molecule has 0 atom stereocenters. The zero-order valence-corrected chi connectivity index (χ0v) is 17.8. The van der Waals surface area contributed by atoms with E-state index in [0.717, 1.165) is 23.8 Å². The third kappa shape index (κ3) is 4.66. The van der Waals surface area contributed by atoms with Gasteiger partial charge >= 0.3 is 0 Å². The second-order valence-corrected chi connectivity index (χ2v) is 8.17. The minimum atomic E-state index is -0.114. The molecule has 1 saturated carbocycles. The van der Waals surface area contributed by atoms with Gasteiger partial charge in [-0.2, -0.15) is 0 Å². The van der Waals surface area contributed by atoms with Crippen molar-refractivity contribution in [1.29, 1.82) is 0 Å². The number of amides is 1. The highest BCUT2D eigenvalue weighted by Crippen LogP contribution is 2.28. The van der Waals surface area contributed by atoms with Crippen molar-refractivity contribution < 1.29 is 9.53 Å². The number of methoxy groups -OCH3 is 1. The highest BCUT2D eigenvalue weighted by Gasteiger charge is 2.17. The van der Waals surface area contributed by atoms with Crippen LogP contribution in [0, 0.1) is 5.92 Å².